The summed E-state index contributed by atoms with van der Waals surface area (Å²) in [7, 11) is 0. The first-order valence-corrected chi connectivity index (χ1v) is 6.35. The maximum absolute atomic E-state index is 10.1. The molecule has 0 amide bonds. The van der Waals surface area contributed by atoms with E-state index in [0.717, 1.165) is 32.6 Å². The fourth-order valence-corrected chi connectivity index (χ4v) is 2.33. The summed E-state index contributed by atoms with van der Waals surface area (Å²) in [5.41, 5.74) is 0.761. The lowest BCUT2D eigenvalue weighted by atomic mass is 10.1. The highest BCUT2D eigenvalue weighted by molar-refractivity contribution is 5.14. The van der Waals surface area contributed by atoms with Crippen LogP contribution in [0, 0.1) is 0 Å². The highest BCUT2D eigenvalue weighted by atomic mass is 16.3. The maximum Gasteiger partial charge on any atom is 0.0869 e. The molecule has 1 saturated heterocycles. The summed E-state index contributed by atoms with van der Waals surface area (Å²) in [6.45, 7) is 6.35. The lowest BCUT2D eigenvalue weighted by Gasteiger charge is -2.27. The third-order valence-corrected chi connectivity index (χ3v) is 3.23. The Morgan fingerprint density at radius 2 is 2.12 bits per heavy atom. The van der Waals surface area contributed by atoms with E-state index in [1.54, 1.807) is 0 Å². The van der Waals surface area contributed by atoms with Crippen molar-refractivity contribution in [3.8, 4) is 0 Å². The molecule has 1 heterocycles. The fourth-order valence-electron chi connectivity index (χ4n) is 2.33. The van der Waals surface area contributed by atoms with Crippen LogP contribution in [-0.4, -0.2) is 48.3 Å². The Balaban J connectivity index is 1.86. The fraction of sp³-hybridized carbons (Fsp3) is 0.571. The number of hydrogen-bond donors (Lipinski definition) is 2. The minimum Gasteiger partial charge on any atom is -0.388 e. The molecule has 0 bridgehead atoms. The van der Waals surface area contributed by atoms with Crippen molar-refractivity contribution in [2.75, 3.05) is 32.7 Å². The second kappa shape index (κ2) is 5.63. The molecule has 1 aromatic rings. The molecule has 0 saturated carbocycles. The van der Waals surface area contributed by atoms with Crippen LogP contribution < -0.4 is 5.32 Å². The Kier molecular flexibility index (Phi) is 4.15. The molecular formula is C14H22N2O. The molecule has 94 valence electrons. The van der Waals surface area contributed by atoms with Crippen LogP contribution in [-0.2, 0) is 6.42 Å². The quantitative estimate of drug-likeness (QED) is 0.815. The lowest BCUT2D eigenvalue weighted by molar-refractivity contribution is 0.0345. The first-order valence-electron chi connectivity index (χ1n) is 6.35. The monoisotopic (exact) mass is 234 g/mol. The van der Waals surface area contributed by atoms with E-state index in [-0.39, 0.29) is 0 Å². The number of benzene rings is 1. The van der Waals surface area contributed by atoms with Gasteiger partial charge in [-0.2, -0.15) is 0 Å². The average molecular weight is 234 g/mol. The molecule has 17 heavy (non-hydrogen) atoms. The third-order valence-electron chi connectivity index (χ3n) is 3.23. The largest absolute Gasteiger partial charge is 0.388 e. The Morgan fingerprint density at radius 3 is 2.88 bits per heavy atom. The third kappa shape index (κ3) is 4.11. The summed E-state index contributed by atoms with van der Waals surface area (Å²) in [6.07, 6.45) is 1.05. The second-order valence-corrected chi connectivity index (χ2v) is 5.19. The summed E-state index contributed by atoms with van der Waals surface area (Å²) in [6, 6.07) is 10.5. The average Bonchev–Trinajstić information content (AvgIpc) is 2.49. The molecule has 2 N–H and O–H groups in total. The van der Waals surface area contributed by atoms with Crippen molar-refractivity contribution in [3.63, 3.8) is 0 Å². The lowest BCUT2D eigenvalue weighted by Crippen LogP contribution is -2.43. The van der Waals surface area contributed by atoms with E-state index in [4.69, 9.17) is 0 Å². The number of hydrogen-bond acceptors (Lipinski definition) is 3. The van der Waals surface area contributed by atoms with Gasteiger partial charge in [-0.1, -0.05) is 30.3 Å². The number of nitrogens with one attached hydrogen (secondary N) is 1. The molecule has 1 aromatic carbocycles. The van der Waals surface area contributed by atoms with Crippen molar-refractivity contribution >= 4 is 0 Å². The first kappa shape index (κ1) is 12.6. The number of rotatable bonds is 3. The van der Waals surface area contributed by atoms with Crippen molar-refractivity contribution in [2.24, 2.45) is 0 Å². The topological polar surface area (TPSA) is 35.5 Å². The van der Waals surface area contributed by atoms with Gasteiger partial charge in [0.25, 0.3) is 0 Å². The van der Waals surface area contributed by atoms with Crippen LogP contribution in [0.4, 0.5) is 0 Å². The van der Waals surface area contributed by atoms with Crippen molar-refractivity contribution in [3.05, 3.63) is 35.9 Å². The molecule has 1 fully saturated rings. The van der Waals surface area contributed by atoms with E-state index in [1.807, 2.05) is 13.0 Å². The second-order valence-electron chi connectivity index (χ2n) is 5.19. The summed E-state index contributed by atoms with van der Waals surface area (Å²) < 4.78 is 0. The van der Waals surface area contributed by atoms with Crippen LogP contribution in [0.3, 0.4) is 0 Å². The Hall–Kier alpha value is -0.900. The van der Waals surface area contributed by atoms with Crippen LogP contribution >= 0.6 is 0 Å². The van der Waals surface area contributed by atoms with Crippen LogP contribution in [0.25, 0.3) is 0 Å². The van der Waals surface area contributed by atoms with Gasteiger partial charge in [0, 0.05) is 32.7 Å². The molecular weight excluding hydrogens is 212 g/mol. The minimum absolute atomic E-state index is 0.604. The molecule has 3 nitrogen and oxygen atoms in total. The number of β-amino-alcohol motifs (C(OH)–C–C–N with tert-alkyl or cyclic N) is 1. The van der Waals surface area contributed by atoms with Gasteiger partial charge in [0.15, 0.2) is 0 Å². The summed E-state index contributed by atoms with van der Waals surface area (Å²) >= 11 is 0. The van der Waals surface area contributed by atoms with Gasteiger partial charge < -0.3 is 10.4 Å². The van der Waals surface area contributed by atoms with Crippen molar-refractivity contribution in [1.82, 2.24) is 10.2 Å². The molecule has 0 aromatic heterocycles. The van der Waals surface area contributed by atoms with Crippen LogP contribution in [0.2, 0.25) is 0 Å². The van der Waals surface area contributed by atoms with Crippen molar-refractivity contribution in [2.45, 2.75) is 18.9 Å². The van der Waals surface area contributed by atoms with Crippen molar-refractivity contribution in [1.29, 1.82) is 0 Å². The molecule has 0 spiro atoms. The van der Waals surface area contributed by atoms with E-state index in [0.29, 0.717) is 6.54 Å². The van der Waals surface area contributed by atoms with Gasteiger partial charge in [0.1, 0.15) is 0 Å². The normalized spacial score (nSPS) is 26.7. The number of nitrogens with zero attached hydrogens (tertiary/aromatic N) is 1. The van der Waals surface area contributed by atoms with Crippen LogP contribution in [0.1, 0.15) is 12.5 Å². The van der Waals surface area contributed by atoms with E-state index in [1.165, 1.54) is 5.56 Å². The van der Waals surface area contributed by atoms with Gasteiger partial charge >= 0.3 is 0 Å². The number of aliphatic hydroxyl groups is 1. The predicted molar refractivity (Wildman–Crippen MR) is 70.1 cm³/mol. The van der Waals surface area contributed by atoms with E-state index in [9.17, 15) is 5.11 Å². The SMILES string of the molecule is CC1(O)CNCCN(CCc2ccccc2)C1. The molecule has 1 aliphatic heterocycles. The molecule has 1 unspecified atom stereocenters. The molecule has 2 rings (SSSR count). The van der Waals surface area contributed by atoms with Gasteiger partial charge in [-0.15, -0.1) is 0 Å². The zero-order valence-electron chi connectivity index (χ0n) is 10.5. The zero-order chi connectivity index (χ0) is 12.1. The first-order chi connectivity index (χ1) is 8.16. The van der Waals surface area contributed by atoms with Gasteiger partial charge in [0.2, 0.25) is 0 Å². The predicted octanol–water partition coefficient (Wildman–Crippen LogP) is 0.885. The Labute approximate surface area is 103 Å². The Bertz CT molecular complexity index is 337. The molecule has 1 aliphatic rings. The summed E-state index contributed by atoms with van der Waals surface area (Å²) in [4.78, 5) is 2.34. The molecule has 0 aliphatic carbocycles. The highest BCUT2D eigenvalue weighted by Gasteiger charge is 2.25. The van der Waals surface area contributed by atoms with E-state index < -0.39 is 5.60 Å². The molecule has 3 heteroatoms. The molecule has 0 radical (unpaired) electrons. The van der Waals surface area contributed by atoms with E-state index in [2.05, 4.69) is 34.5 Å². The van der Waals surface area contributed by atoms with Crippen LogP contribution in [0.5, 0.6) is 0 Å². The highest BCUT2D eigenvalue weighted by Crippen LogP contribution is 2.09. The van der Waals surface area contributed by atoms with Crippen LogP contribution in [0.15, 0.2) is 30.3 Å². The van der Waals surface area contributed by atoms with Gasteiger partial charge in [-0.25, -0.2) is 0 Å². The van der Waals surface area contributed by atoms with Gasteiger partial charge in [-0.3, -0.25) is 4.90 Å². The van der Waals surface area contributed by atoms with Gasteiger partial charge in [-0.05, 0) is 18.9 Å². The summed E-state index contributed by atoms with van der Waals surface area (Å²) in [5.74, 6) is 0. The zero-order valence-corrected chi connectivity index (χ0v) is 10.5. The van der Waals surface area contributed by atoms with E-state index >= 15 is 0 Å². The van der Waals surface area contributed by atoms with Crippen molar-refractivity contribution < 1.29 is 5.11 Å². The van der Waals surface area contributed by atoms with Gasteiger partial charge in [0.05, 0.1) is 5.60 Å². The standard InChI is InChI=1S/C14H22N2O/c1-14(17)11-15-8-10-16(12-14)9-7-13-5-3-2-4-6-13/h2-6,15,17H,7-12H2,1H3. The maximum atomic E-state index is 10.1. The molecule has 1 atom stereocenters. The summed E-state index contributed by atoms with van der Waals surface area (Å²) in [5, 5.41) is 13.4. The smallest absolute Gasteiger partial charge is 0.0869 e. The minimum atomic E-state index is -0.604. The Morgan fingerprint density at radius 1 is 1.35 bits per heavy atom.